The first kappa shape index (κ1) is 23.7. The lowest BCUT2D eigenvalue weighted by Gasteiger charge is -2.15. The minimum absolute atomic E-state index is 0.00900. The Hall–Kier alpha value is -3.44. The van der Waals surface area contributed by atoms with E-state index in [1.807, 2.05) is 31.2 Å². The number of aromatic nitrogens is 2. The summed E-state index contributed by atoms with van der Waals surface area (Å²) in [6.07, 6.45) is 1.67. The molecule has 0 radical (unpaired) electrons. The van der Waals surface area contributed by atoms with E-state index in [-0.39, 0.29) is 29.1 Å². The SMILES string of the molecule is CCn1c(=O)n(CCC(=O)NNC(=O)c2ccc(S(=O)(=O)N3CCCC3)cc2)c2ccccc21. The van der Waals surface area contributed by atoms with Crippen LogP contribution in [0.15, 0.2) is 58.2 Å². The molecule has 0 atom stereocenters. The topological polar surface area (TPSA) is 123 Å². The van der Waals surface area contributed by atoms with Gasteiger partial charge in [0, 0.05) is 38.2 Å². The maximum absolute atomic E-state index is 12.6. The van der Waals surface area contributed by atoms with Gasteiger partial charge in [0.05, 0.1) is 15.9 Å². The van der Waals surface area contributed by atoms with Crippen molar-refractivity contribution in [1.29, 1.82) is 0 Å². The molecule has 34 heavy (non-hydrogen) atoms. The molecular formula is C23H27N5O5S. The van der Waals surface area contributed by atoms with Crippen LogP contribution in [0, 0.1) is 0 Å². The number of hydrazine groups is 1. The monoisotopic (exact) mass is 485 g/mol. The number of fused-ring (bicyclic) bond motifs is 1. The summed E-state index contributed by atoms with van der Waals surface area (Å²) >= 11 is 0. The van der Waals surface area contributed by atoms with Crippen LogP contribution in [0.5, 0.6) is 0 Å². The number of hydrogen-bond acceptors (Lipinski definition) is 5. The van der Waals surface area contributed by atoms with Gasteiger partial charge in [-0.1, -0.05) is 12.1 Å². The molecule has 0 aliphatic carbocycles. The number of hydrogen-bond donors (Lipinski definition) is 2. The van der Waals surface area contributed by atoms with Gasteiger partial charge < -0.3 is 0 Å². The van der Waals surface area contributed by atoms with Crippen molar-refractivity contribution in [1.82, 2.24) is 24.3 Å². The minimum Gasteiger partial charge on any atom is -0.292 e. The van der Waals surface area contributed by atoms with Gasteiger partial charge in [0.25, 0.3) is 5.91 Å². The van der Waals surface area contributed by atoms with Crippen molar-refractivity contribution >= 4 is 32.9 Å². The van der Waals surface area contributed by atoms with Gasteiger partial charge in [-0.15, -0.1) is 0 Å². The van der Waals surface area contributed by atoms with E-state index in [2.05, 4.69) is 10.9 Å². The molecule has 2 heterocycles. The van der Waals surface area contributed by atoms with Crippen molar-refractivity contribution in [2.24, 2.45) is 0 Å². The van der Waals surface area contributed by atoms with Crippen LogP contribution in [0.4, 0.5) is 0 Å². The van der Waals surface area contributed by atoms with Crippen molar-refractivity contribution in [3.8, 4) is 0 Å². The Bertz CT molecular complexity index is 1370. The number of sulfonamides is 1. The van der Waals surface area contributed by atoms with Gasteiger partial charge in [-0.2, -0.15) is 4.31 Å². The molecule has 0 unspecified atom stereocenters. The number of para-hydroxylation sites is 2. The van der Waals surface area contributed by atoms with Crippen LogP contribution in [0.25, 0.3) is 11.0 Å². The van der Waals surface area contributed by atoms with Crippen LogP contribution >= 0.6 is 0 Å². The highest BCUT2D eigenvalue weighted by atomic mass is 32.2. The molecule has 1 aromatic heterocycles. The summed E-state index contributed by atoms with van der Waals surface area (Å²) in [6, 6.07) is 13.0. The maximum atomic E-state index is 12.6. The third-order valence-corrected chi connectivity index (χ3v) is 7.85. The lowest BCUT2D eigenvalue weighted by Crippen LogP contribution is -2.42. The van der Waals surface area contributed by atoms with Crippen molar-refractivity contribution < 1.29 is 18.0 Å². The molecule has 1 saturated heterocycles. The van der Waals surface area contributed by atoms with E-state index in [1.165, 1.54) is 28.6 Å². The summed E-state index contributed by atoms with van der Waals surface area (Å²) in [5.41, 5.74) is 6.24. The highest BCUT2D eigenvalue weighted by Crippen LogP contribution is 2.21. The quantitative estimate of drug-likeness (QED) is 0.491. The van der Waals surface area contributed by atoms with Crippen molar-refractivity contribution in [3.05, 3.63) is 64.6 Å². The molecule has 3 aromatic rings. The first-order valence-electron chi connectivity index (χ1n) is 11.2. The lowest BCUT2D eigenvalue weighted by molar-refractivity contribution is -0.122. The third-order valence-electron chi connectivity index (χ3n) is 5.94. The van der Waals surface area contributed by atoms with Gasteiger partial charge in [0.2, 0.25) is 15.9 Å². The summed E-state index contributed by atoms with van der Waals surface area (Å²) in [5.74, 6) is -1.03. The molecule has 1 aliphatic heterocycles. The van der Waals surface area contributed by atoms with Gasteiger partial charge in [-0.3, -0.25) is 29.6 Å². The zero-order valence-electron chi connectivity index (χ0n) is 18.9. The number of nitrogens with one attached hydrogen (secondary N) is 2. The molecule has 10 nitrogen and oxygen atoms in total. The van der Waals surface area contributed by atoms with Crippen molar-refractivity contribution in [3.63, 3.8) is 0 Å². The first-order chi connectivity index (χ1) is 16.3. The standard InChI is InChI=1S/C23H27N5O5S/c1-2-27-19-7-3-4-8-20(19)28(23(27)31)16-13-21(29)24-25-22(30)17-9-11-18(12-10-17)34(32,33)26-14-5-6-15-26/h3-4,7-12H,2,5-6,13-16H2,1H3,(H,24,29)(H,25,30). The second kappa shape index (κ2) is 9.82. The van der Waals surface area contributed by atoms with E-state index in [0.29, 0.717) is 19.6 Å². The highest BCUT2D eigenvalue weighted by molar-refractivity contribution is 7.89. The van der Waals surface area contributed by atoms with Gasteiger partial charge in [0.15, 0.2) is 0 Å². The molecule has 2 aromatic carbocycles. The van der Waals surface area contributed by atoms with E-state index in [0.717, 1.165) is 23.9 Å². The number of nitrogens with zero attached hydrogens (tertiary/aromatic N) is 3. The molecule has 1 aliphatic rings. The number of carbonyl (C=O) groups is 2. The Balaban J connectivity index is 1.34. The van der Waals surface area contributed by atoms with E-state index < -0.39 is 21.8 Å². The van der Waals surface area contributed by atoms with E-state index in [1.54, 1.807) is 9.13 Å². The second-order valence-electron chi connectivity index (χ2n) is 8.06. The van der Waals surface area contributed by atoms with Gasteiger partial charge >= 0.3 is 5.69 Å². The van der Waals surface area contributed by atoms with Crippen LogP contribution in [-0.4, -0.2) is 46.8 Å². The number of carbonyl (C=O) groups excluding carboxylic acids is 2. The first-order valence-corrected chi connectivity index (χ1v) is 12.6. The number of amides is 2. The fraction of sp³-hybridized carbons (Fsp3) is 0.348. The fourth-order valence-electron chi connectivity index (χ4n) is 4.12. The Labute approximate surface area is 197 Å². The Morgan fingerprint density at radius 3 is 2.15 bits per heavy atom. The van der Waals surface area contributed by atoms with Gasteiger partial charge in [-0.25, -0.2) is 13.2 Å². The molecule has 2 N–H and O–H groups in total. The average molecular weight is 486 g/mol. The number of aryl methyl sites for hydroxylation is 2. The van der Waals surface area contributed by atoms with Crippen LogP contribution < -0.4 is 16.5 Å². The molecule has 4 rings (SSSR count). The predicted molar refractivity (Wildman–Crippen MR) is 127 cm³/mol. The van der Waals surface area contributed by atoms with E-state index >= 15 is 0 Å². The normalized spacial score (nSPS) is 14.4. The Kier molecular flexibility index (Phi) is 6.85. The molecule has 0 bridgehead atoms. The summed E-state index contributed by atoms with van der Waals surface area (Å²) in [5, 5.41) is 0. The largest absolute Gasteiger partial charge is 0.329 e. The maximum Gasteiger partial charge on any atom is 0.329 e. The molecule has 180 valence electrons. The fourth-order valence-corrected chi connectivity index (χ4v) is 5.64. The van der Waals surface area contributed by atoms with E-state index in [4.69, 9.17) is 0 Å². The highest BCUT2D eigenvalue weighted by Gasteiger charge is 2.27. The van der Waals surface area contributed by atoms with Gasteiger partial charge in [-0.05, 0) is 56.2 Å². The van der Waals surface area contributed by atoms with Gasteiger partial charge in [0.1, 0.15) is 0 Å². The molecule has 11 heteroatoms. The predicted octanol–water partition coefficient (Wildman–Crippen LogP) is 1.46. The zero-order chi connectivity index (χ0) is 24.3. The molecule has 1 fully saturated rings. The molecule has 0 saturated carbocycles. The van der Waals surface area contributed by atoms with Crippen LogP contribution in [-0.2, 0) is 27.9 Å². The molecule has 0 spiro atoms. The number of rotatable bonds is 7. The summed E-state index contributed by atoms with van der Waals surface area (Å²) in [6.45, 7) is 3.57. The summed E-state index contributed by atoms with van der Waals surface area (Å²) < 4.78 is 29.8. The van der Waals surface area contributed by atoms with Crippen molar-refractivity contribution in [2.45, 2.75) is 44.2 Å². The molecule has 2 amide bonds. The van der Waals surface area contributed by atoms with Crippen molar-refractivity contribution in [2.75, 3.05) is 13.1 Å². The average Bonchev–Trinajstić information content (AvgIpc) is 3.48. The lowest BCUT2D eigenvalue weighted by atomic mass is 10.2. The van der Waals surface area contributed by atoms with Crippen LogP contribution in [0.1, 0.15) is 36.5 Å². The summed E-state index contributed by atoms with van der Waals surface area (Å²) in [7, 11) is -3.56. The number of imidazole rings is 1. The zero-order valence-corrected chi connectivity index (χ0v) is 19.7. The second-order valence-corrected chi connectivity index (χ2v) is 9.99. The van der Waals surface area contributed by atoms with E-state index in [9.17, 15) is 22.8 Å². The molecular weight excluding hydrogens is 458 g/mol. The number of benzene rings is 2. The minimum atomic E-state index is -3.56. The van der Waals surface area contributed by atoms with Crippen LogP contribution in [0.3, 0.4) is 0 Å². The van der Waals surface area contributed by atoms with Crippen LogP contribution in [0.2, 0.25) is 0 Å². The Morgan fingerprint density at radius 2 is 1.53 bits per heavy atom. The third kappa shape index (κ3) is 4.62. The summed E-state index contributed by atoms with van der Waals surface area (Å²) in [4.78, 5) is 37.4. The Morgan fingerprint density at radius 1 is 0.912 bits per heavy atom. The smallest absolute Gasteiger partial charge is 0.292 e.